The Morgan fingerprint density at radius 2 is 1.82 bits per heavy atom. The number of rotatable bonds is 5. The van der Waals surface area contributed by atoms with Crippen molar-refractivity contribution < 1.29 is 22.7 Å². The van der Waals surface area contributed by atoms with Crippen molar-refractivity contribution in [1.82, 2.24) is 4.90 Å². The van der Waals surface area contributed by atoms with Gasteiger partial charge in [-0.1, -0.05) is 35.9 Å². The molecule has 2 aromatic carbocycles. The number of ether oxygens (including phenoxy) is 2. The summed E-state index contributed by atoms with van der Waals surface area (Å²) in [4.78, 5) is 16.4. The number of benzene rings is 2. The molecule has 0 saturated carbocycles. The van der Waals surface area contributed by atoms with E-state index in [-0.39, 0.29) is 18.3 Å². The fourth-order valence-electron chi connectivity index (χ4n) is 4.20. The number of nitrogens with zero attached hydrogens (tertiary/aromatic N) is 2. The van der Waals surface area contributed by atoms with Crippen molar-refractivity contribution in [2.75, 3.05) is 24.5 Å². The molecular formula is C25H32N2O5S. The quantitative estimate of drug-likeness (QED) is 0.654. The van der Waals surface area contributed by atoms with Crippen molar-refractivity contribution in [2.24, 2.45) is 0 Å². The Morgan fingerprint density at radius 3 is 2.52 bits per heavy atom. The van der Waals surface area contributed by atoms with E-state index in [9.17, 15) is 4.79 Å². The number of fused-ring (bicyclic) bond motifs is 1. The van der Waals surface area contributed by atoms with Gasteiger partial charge in [0, 0.05) is 31.9 Å². The van der Waals surface area contributed by atoms with Gasteiger partial charge in [-0.15, -0.1) is 0 Å². The molecule has 0 bridgehead atoms. The van der Waals surface area contributed by atoms with E-state index in [1.807, 2.05) is 13.8 Å². The van der Waals surface area contributed by atoms with Gasteiger partial charge in [0.1, 0.15) is 0 Å². The molecule has 0 unspecified atom stereocenters. The van der Waals surface area contributed by atoms with E-state index in [1.165, 1.54) is 27.9 Å². The van der Waals surface area contributed by atoms with Crippen molar-refractivity contribution in [3.63, 3.8) is 0 Å². The molecule has 0 aromatic heterocycles. The van der Waals surface area contributed by atoms with Crippen molar-refractivity contribution in [3.8, 4) is 0 Å². The molecule has 0 spiro atoms. The molecule has 1 saturated heterocycles. The number of amides is 1. The third kappa shape index (κ3) is 7.14. The Balaban J connectivity index is 0.000000968. The van der Waals surface area contributed by atoms with Gasteiger partial charge >= 0.3 is 17.7 Å². The highest BCUT2D eigenvalue weighted by molar-refractivity contribution is 7.51. The van der Waals surface area contributed by atoms with Crippen LogP contribution in [-0.2, 0) is 40.6 Å². The summed E-state index contributed by atoms with van der Waals surface area (Å²) in [5.74, 6) is 0. The zero-order chi connectivity index (χ0) is 23.8. The van der Waals surface area contributed by atoms with E-state index < -0.39 is 11.6 Å². The molecule has 0 aliphatic carbocycles. The van der Waals surface area contributed by atoms with E-state index in [0.717, 1.165) is 25.9 Å². The molecule has 7 nitrogen and oxygen atoms in total. The maximum atomic E-state index is 12.2. The Labute approximate surface area is 199 Å². The highest BCUT2D eigenvalue weighted by Gasteiger charge is 2.25. The first-order valence-corrected chi connectivity index (χ1v) is 12.0. The highest BCUT2D eigenvalue weighted by Crippen LogP contribution is 2.25. The SMILES string of the molecule is Cc1ccc(N2CC[C@H](OCc3ccc4c(c3)CCN(C(=O)OC(C)C)C4)C2)cc1.O=S=O. The van der Waals surface area contributed by atoms with Gasteiger partial charge in [0.15, 0.2) is 0 Å². The average Bonchev–Trinajstić information content (AvgIpc) is 3.27. The van der Waals surface area contributed by atoms with Crippen molar-refractivity contribution in [2.45, 2.75) is 59.0 Å². The summed E-state index contributed by atoms with van der Waals surface area (Å²) in [5, 5.41) is 0. The van der Waals surface area contributed by atoms with Gasteiger partial charge in [-0.2, -0.15) is 8.42 Å². The van der Waals surface area contributed by atoms with Crippen LogP contribution in [0.4, 0.5) is 10.5 Å². The third-order valence-electron chi connectivity index (χ3n) is 5.91. The number of aryl methyl sites for hydroxylation is 1. The molecule has 178 valence electrons. The Kier molecular flexibility index (Phi) is 9.03. The van der Waals surface area contributed by atoms with Gasteiger partial charge in [0.25, 0.3) is 0 Å². The first-order chi connectivity index (χ1) is 15.9. The van der Waals surface area contributed by atoms with Gasteiger partial charge < -0.3 is 19.3 Å². The molecule has 33 heavy (non-hydrogen) atoms. The van der Waals surface area contributed by atoms with Crippen LogP contribution in [0.15, 0.2) is 42.5 Å². The van der Waals surface area contributed by atoms with E-state index in [2.05, 4.69) is 54.3 Å². The molecule has 0 radical (unpaired) electrons. The standard InChI is InChI=1S/C25H32N2O3.O2S/c1-18(2)30-25(28)27-12-10-21-14-20(6-7-22(21)15-27)17-29-24-11-13-26(16-24)23-8-4-19(3)5-9-23;1-3-2/h4-9,14,18,24H,10-13,15-17H2,1-3H3;/t24-;/m0./s1. The minimum Gasteiger partial charge on any atom is -0.447 e. The van der Waals surface area contributed by atoms with Crippen LogP contribution < -0.4 is 4.90 Å². The first-order valence-electron chi connectivity index (χ1n) is 11.3. The second-order valence-electron chi connectivity index (χ2n) is 8.78. The minimum absolute atomic E-state index is 0.0871. The predicted octanol–water partition coefficient (Wildman–Crippen LogP) is 4.02. The summed E-state index contributed by atoms with van der Waals surface area (Å²) >= 11 is -0.750. The predicted molar refractivity (Wildman–Crippen MR) is 128 cm³/mol. The summed E-state index contributed by atoms with van der Waals surface area (Å²) in [6.45, 7) is 9.83. The van der Waals surface area contributed by atoms with E-state index >= 15 is 0 Å². The average molecular weight is 473 g/mol. The molecule has 2 aliphatic rings. The molecule has 1 fully saturated rings. The van der Waals surface area contributed by atoms with E-state index in [4.69, 9.17) is 17.9 Å². The number of anilines is 1. The topological polar surface area (TPSA) is 76.2 Å². The third-order valence-corrected chi connectivity index (χ3v) is 5.91. The second-order valence-corrected chi connectivity index (χ2v) is 8.91. The Hall–Kier alpha value is -2.71. The fourth-order valence-corrected chi connectivity index (χ4v) is 4.20. The molecule has 1 amide bonds. The number of carbonyl (C=O) groups is 1. The zero-order valence-electron chi connectivity index (χ0n) is 19.5. The Morgan fingerprint density at radius 1 is 1.09 bits per heavy atom. The maximum absolute atomic E-state index is 12.2. The van der Waals surface area contributed by atoms with E-state index in [1.54, 1.807) is 4.90 Å². The summed E-state index contributed by atoms with van der Waals surface area (Å²) in [5.41, 5.74) is 6.30. The van der Waals surface area contributed by atoms with Crippen LogP contribution >= 0.6 is 0 Å². The molecule has 8 heteroatoms. The molecule has 0 N–H and O–H groups in total. The van der Waals surface area contributed by atoms with Gasteiger partial charge in [-0.3, -0.25) is 0 Å². The minimum atomic E-state index is -0.750. The van der Waals surface area contributed by atoms with Crippen LogP contribution in [-0.4, -0.2) is 51.3 Å². The summed E-state index contributed by atoms with van der Waals surface area (Å²) in [6.07, 6.45) is 1.88. The maximum Gasteiger partial charge on any atom is 0.410 e. The van der Waals surface area contributed by atoms with Crippen molar-refractivity contribution in [1.29, 1.82) is 0 Å². The van der Waals surface area contributed by atoms with Crippen LogP contribution in [0.2, 0.25) is 0 Å². The lowest BCUT2D eigenvalue weighted by Gasteiger charge is -2.29. The van der Waals surface area contributed by atoms with Crippen LogP contribution in [0.3, 0.4) is 0 Å². The molecular weight excluding hydrogens is 440 g/mol. The zero-order valence-corrected chi connectivity index (χ0v) is 20.3. The Bertz CT molecular complexity index is 973. The summed E-state index contributed by atoms with van der Waals surface area (Å²) in [6, 6.07) is 15.2. The van der Waals surface area contributed by atoms with Gasteiger partial charge in [0.05, 0.1) is 18.8 Å². The molecule has 2 aromatic rings. The van der Waals surface area contributed by atoms with Gasteiger partial charge in [-0.25, -0.2) is 4.79 Å². The van der Waals surface area contributed by atoms with Gasteiger partial charge in [-0.05, 0) is 62.4 Å². The lowest BCUT2D eigenvalue weighted by atomic mass is 9.97. The van der Waals surface area contributed by atoms with Crippen LogP contribution in [0.1, 0.15) is 42.5 Å². The number of carbonyl (C=O) groups excluding carboxylic acids is 1. The van der Waals surface area contributed by atoms with Gasteiger partial charge in [0.2, 0.25) is 0 Å². The summed E-state index contributed by atoms with van der Waals surface area (Å²) in [7, 11) is 0. The lowest BCUT2D eigenvalue weighted by Crippen LogP contribution is -2.37. The largest absolute Gasteiger partial charge is 0.447 e. The number of hydrogen-bond donors (Lipinski definition) is 0. The highest BCUT2D eigenvalue weighted by atomic mass is 32.1. The molecule has 2 aliphatic heterocycles. The molecule has 2 heterocycles. The molecule has 1 atom stereocenters. The first kappa shape index (κ1) is 24.9. The van der Waals surface area contributed by atoms with Crippen LogP contribution in [0, 0.1) is 6.92 Å². The second kappa shape index (κ2) is 12.0. The van der Waals surface area contributed by atoms with Crippen molar-refractivity contribution >= 4 is 23.4 Å². The van der Waals surface area contributed by atoms with E-state index in [0.29, 0.717) is 19.7 Å². The smallest absolute Gasteiger partial charge is 0.410 e. The normalized spacial score (nSPS) is 17.3. The lowest BCUT2D eigenvalue weighted by molar-refractivity contribution is 0.0551. The monoisotopic (exact) mass is 472 g/mol. The fraction of sp³-hybridized carbons (Fsp3) is 0.480. The number of hydrogen-bond acceptors (Lipinski definition) is 6. The van der Waals surface area contributed by atoms with Crippen LogP contribution in [0.25, 0.3) is 0 Å². The van der Waals surface area contributed by atoms with Crippen molar-refractivity contribution in [3.05, 3.63) is 64.7 Å². The van der Waals surface area contributed by atoms with Crippen LogP contribution in [0.5, 0.6) is 0 Å². The summed E-state index contributed by atoms with van der Waals surface area (Å²) < 4.78 is 28.1. The molecule has 4 rings (SSSR count).